The fourth-order valence-corrected chi connectivity index (χ4v) is 1.69. The van der Waals surface area contributed by atoms with Crippen LogP contribution in [0.3, 0.4) is 0 Å². The molecule has 0 aliphatic heterocycles. The Labute approximate surface area is 117 Å². The van der Waals surface area contributed by atoms with Crippen LogP contribution >= 0.6 is 0 Å². The van der Waals surface area contributed by atoms with Crippen LogP contribution in [0.5, 0.6) is 0 Å². The zero-order valence-electron chi connectivity index (χ0n) is 11.9. The predicted molar refractivity (Wildman–Crippen MR) is 78.1 cm³/mol. The van der Waals surface area contributed by atoms with Crippen molar-refractivity contribution >= 4 is 11.6 Å². The minimum Gasteiger partial charge on any atom is -0.368 e. The molecule has 106 valence electrons. The molecule has 0 saturated carbocycles. The van der Waals surface area contributed by atoms with Gasteiger partial charge in [-0.2, -0.15) is 5.10 Å². The van der Waals surface area contributed by atoms with Gasteiger partial charge in [-0.05, 0) is 13.0 Å². The normalized spacial score (nSPS) is 10.3. The molecular weight excluding hydrogens is 256 g/mol. The number of hydrogen-bond acceptors (Lipinski definition) is 6. The zero-order valence-corrected chi connectivity index (χ0v) is 11.9. The highest BCUT2D eigenvalue weighted by Gasteiger charge is 2.01. The summed E-state index contributed by atoms with van der Waals surface area (Å²) in [4.78, 5) is 21.8. The van der Waals surface area contributed by atoms with Crippen LogP contribution in [0.25, 0.3) is 0 Å². The highest BCUT2D eigenvalue weighted by atomic mass is 16.1. The second kappa shape index (κ2) is 6.14. The first-order valence-electron chi connectivity index (χ1n) is 6.34. The highest BCUT2D eigenvalue weighted by Crippen LogP contribution is 2.10. The molecule has 1 N–H and O–H groups in total. The summed E-state index contributed by atoms with van der Waals surface area (Å²) in [5.41, 5.74) is 0.718. The van der Waals surface area contributed by atoms with E-state index in [0.29, 0.717) is 13.1 Å². The van der Waals surface area contributed by atoms with Crippen molar-refractivity contribution in [1.29, 1.82) is 0 Å². The second-order valence-electron chi connectivity index (χ2n) is 4.62. The average molecular weight is 274 g/mol. The average Bonchev–Trinajstić information content (AvgIpc) is 2.43. The van der Waals surface area contributed by atoms with Crippen LogP contribution in [0.15, 0.2) is 29.3 Å². The smallest absolute Gasteiger partial charge is 0.266 e. The molecule has 0 unspecified atom stereocenters. The summed E-state index contributed by atoms with van der Waals surface area (Å²) in [5.74, 6) is 1.55. The predicted octanol–water partition coefficient (Wildman–Crippen LogP) is 0.520. The molecule has 0 fully saturated rings. The van der Waals surface area contributed by atoms with Crippen molar-refractivity contribution in [3.63, 3.8) is 0 Å². The van der Waals surface area contributed by atoms with Crippen LogP contribution in [0.4, 0.5) is 11.6 Å². The molecule has 7 nitrogen and oxygen atoms in total. The van der Waals surface area contributed by atoms with E-state index in [4.69, 9.17) is 0 Å². The lowest BCUT2D eigenvalue weighted by molar-refractivity contribution is 0.589. The Morgan fingerprint density at radius 2 is 2.10 bits per heavy atom. The fourth-order valence-electron chi connectivity index (χ4n) is 1.69. The maximum atomic E-state index is 11.6. The van der Waals surface area contributed by atoms with Crippen molar-refractivity contribution in [1.82, 2.24) is 19.7 Å². The summed E-state index contributed by atoms with van der Waals surface area (Å²) in [6, 6.07) is 5.09. The molecule has 0 radical (unpaired) electrons. The van der Waals surface area contributed by atoms with Crippen molar-refractivity contribution in [3.05, 3.63) is 40.6 Å². The van der Waals surface area contributed by atoms with Gasteiger partial charge in [0.1, 0.15) is 18.0 Å². The lowest BCUT2D eigenvalue weighted by Gasteiger charge is -2.12. The maximum Gasteiger partial charge on any atom is 0.266 e. The molecule has 2 aromatic rings. The molecule has 0 aliphatic rings. The molecule has 0 atom stereocenters. The van der Waals surface area contributed by atoms with Crippen molar-refractivity contribution in [3.8, 4) is 0 Å². The number of nitrogens with zero attached hydrogens (tertiary/aromatic N) is 5. The van der Waals surface area contributed by atoms with E-state index < -0.39 is 0 Å². The van der Waals surface area contributed by atoms with E-state index in [1.165, 1.54) is 17.1 Å². The SMILES string of the molecule is Cc1ccc(=O)n(CCNc2cc(N(C)C)ncn2)n1. The minimum absolute atomic E-state index is 0.103. The standard InChI is InChI=1S/C13H18N6O/c1-10-4-5-13(20)19(17-10)7-6-14-11-8-12(18(2)3)16-9-15-11/h4-5,8-9H,6-7H2,1-3H3,(H,14,15,16). The van der Waals surface area contributed by atoms with Crippen LogP contribution in [0, 0.1) is 6.92 Å². The summed E-state index contributed by atoms with van der Waals surface area (Å²) in [5, 5.41) is 7.33. The summed E-state index contributed by atoms with van der Waals surface area (Å²) >= 11 is 0. The number of aryl methyl sites for hydroxylation is 1. The molecule has 20 heavy (non-hydrogen) atoms. The van der Waals surface area contributed by atoms with Gasteiger partial charge in [-0.1, -0.05) is 0 Å². The largest absolute Gasteiger partial charge is 0.368 e. The molecule has 0 aromatic carbocycles. The number of anilines is 2. The van der Waals surface area contributed by atoms with Gasteiger partial charge in [0.2, 0.25) is 0 Å². The zero-order chi connectivity index (χ0) is 14.5. The van der Waals surface area contributed by atoms with Gasteiger partial charge in [0.05, 0.1) is 12.2 Å². The number of rotatable bonds is 5. The van der Waals surface area contributed by atoms with E-state index in [-0.39, 0.29) is 5.56 Å². The van der Waals surface area contributed by atoms with Gasteiger partial charge in [-0.25, -0.2) is 14.6 Å². The van der Waals surface area contributed by atoms with Gasteiger partial charge >= 0.3 is 0 Å². The molecule has 2 aromatic heterocycles. The number of nitrogens with one attached hydrogen (secondary N) is 1. The third kappa shape index (κ3) is 3.53. The molecular formula is C13H18N6O. The Hall–Kier alpha value is -2.44. The first kappa shape index (κ1) is 14.0. The van der Waals surface area contributed by atoms with Crippen LogP contribution in [0.2, 0.25) is 0 Å². The third-order valence-electron chi connectivity index (χ3n) is 2.74. The lowest BCUT2D eigenvalue weighted by Crippen LogP contribution is -2.26. The molecule has 2 rings (SSSR count). The third-order valence-corrected chi connectivity index (χ3v) is 2.74. The van der Waals surface area contributed by atoms with Gasteiger partial charge in [0, 0.05) is 32.8 Å². The second-order valence-corrected chi connectivity index (χ2v) is 4.62. The first-order chi connectivity index (χ1) is 9.56. The van der Waals surface area contributed by atoms with E-state index in [1.807, 2.05) is 32.0 Å². The van der Waals surface area contributed by atoms with E-state index >= 15 is 0 Å². The Kier molecular flexibility index (Phi) is 4.29. The topological polar surface area (TPSA) is 75.9 Å². The van der Waals surface area contributed by atoms with Crippen molar-refractivity contribution in [2.24, 2.45) is 0 Å². The molecule has 0 bridgehead atoms. The summed E-state index contributed by atoms with van der Waals surface area (Å²) < 4.78 is 1.44. The Morgan fingerprint density at radius 3 is 2.85 bits per heavy atom. The molecule has 0 amide bonds. The van der Waals surface area contributed by atoms with Gasteiger partial charge < -0.3 is 10.2 Å². The summed E-state index contributed by atoms with van der Waals surface area (Å²) in [6.45, 7) is 2.92. The summed E-state index contributed by atoms with van der Waals surface area (Å²) in [7, 11) is 3.84. The van der Waals surface area contributed by atoms with Crippen LogP contribution in [0.1, 0.15) is 5.69 Å². The molecule has 0 spiro atoms. The van der Waals surface area contributed by atoms with Gasteiger partial charge in [0.25, 0.3) is 5.56 Å². The number of hydrogen-bond donors (Lipinski definition) is 1. The van der Waals surface area contributed by atoms with E-state index in [9.17, 15) is 4.79 Å². The Morgan fingerprint density at radius 1 is 1.30 bits per heavy atom. The fraction of sp³-hybridized carbons (Fsp3) is 0.385. The molecule has 0 aliphatic carbocycles. The van der Waals surface area contributed by atoms with Crippen molar-refractivity contribution in [2.45, 2.75) is 13.5 Å². The summed E-state index contributed by atoms with van der Waals surface area (Å²) in [6.07, 6.45) is 1.51. The molecule has 7 heteroatoms. The Balaban J connectivity index is 1.97. The van der Waals surface area contributed by atoms with Gasteiger partial charge in [0.15, 0.2) is 0 Å². The van der Waals surface area contributed by atoms with Gasteiger partial charge in [-0.3, -0.25) is 4.79 Å². The molecule has 2 heterocycles. The van der Waals surface area contributed by atoms with E-state index in [0.717, 1.165) is 17.3 Å². The van der Waals surface area contributed by atoms with Gasteiger partial charge in [-0.15, -0.1) is 0 Å². The van der Waals surface area contributed by atoms with E-state index in [2.05, 4.69) is 20.4 Å². The van der Waals surface area contributed by atoms with Crippen molar-refractivity contribution < 1.29 is 0 Å². The first-order valence-corrected chi connectivity index (χ1v) is 6.34. The van der Waals surface area contributed by atoms with Crippen molar-refractivity contribution in [2.75, 3.05) is 30.9 Å². The Bertz CT molecular complexity index is 637. The maximum absolute atomic E-state index is 11.6. The van der Waals surface area contributed by atoms with Crippen LogP contribution in [-0.2, 0) is 6.54 Å². The monoisotopic (exact) mass is 274 g/mol. The number of aromatic nitrogens is 4. The highest BCUT2D eigenvalue weighted by molar-refractivity contribution is 5.47. The van der Waals surface area contributed by atoms with E-state index in [1.54, 1.807) is 6.07 Å². The molecule has 0 saturated heterocycles. The minimum atomic E-state index is -0.103. The lowest BCUT2D eigenvalue weighted by atomic mass is 10.4. The van der Waals surface area contributed by atoms with Crippen LogP contribution < -0.4 is 15.8 Å². The van der Waals surface area contributed by atoms with Crippen LogP contribution in [-0.4, -0.2) is 40.4 Å². The quantitative estimate of drug-likeness (QED) is 0.856.